The van der Waals surface area contributed by atoms with Gasteiger partial charge >= 0.3 is 0 Å². The lowest BCUT2D eigenvalue weighted by atomic mass is 10.1. The van der Waals surface area contributed by atoms with Crippen LogP contribution < -0.4 is 15.4 Å². The summed E-state index contributed by atoms with van der Waals surface area (Å²) in [5, 5.41) is 8.84. The predicted octanol–water partition coefficient (Wildman–Crippen LogP) is 1.24. The van der Waals surface area contributed by atoms with Gasteiger partial charge in [-0.05, 0) is 25.0 Å². The van der Waals surface area contributed by atoms with Gasteiger partial charge in [0.25, 0.3) is 0 Å². The van der Waals surface area contributed by atoms with Gasteiger partial charge in [0, 0.05) is 25.4 Å². The van der Waals surface area contributed by atoms with Gasteiger partial charge in [-0.3, -0.25) is 0 Å². The van der Waals surface area contributed by atoms with Crippen LogP contribution in [0.1, 0.15) is 12.8 Å². The smallest absolute Gasteiger partial charge is 0.144 e. The molecule has 0 saturated carbocycles. The molecule has 0 aromatic heterocycles. The number of likely N-dealkylation sites (N-methyl/N-ethyl adjacent to an activating group) is 1. The van der Waals surface area contributed by atoms with E-state index in [2.05, 4.69) is 11.9 Å². The lowest BCUT2D eigenvalue weighted by molar-refractivity contribution is 0.236. The van der Waals surface area contributed by atoms with Gasteiger partial charge in [-0.15, -0.1) is 0 Å². The highest BCUT2D eigenvalue weighted by Gasteiger charge is 2.24. The Hall–Kier alpha value is -1.42. The standard InChI is InChI=1S/C12H18N2O2/c1-14-10(3-2-6-15)8-16-12-7-9(13)4-5-11(12)14/h4-5,7,10,15H,2-3,6,8,13H2,1H3. The number of aliphatic hydroxyl groups excluding tert-OH is 1. The first-order valence-corrected chi connectivity index (χ1v) is 5.58. The van der Waals surface area contributed by atoms with E-state index in [9.17, 15) is 0 Å². The number of ether oxygens (including phenoxy) is 1. The van der Waals surface area contributed by atoms with Crippen LogP contribution in [0.25, 0.3) is 0 Å². The normalized spacial score (nSPS) is 19.1. The number of hydrogen-bond donors (Lipinski definition) is 2. The van der Waals surface area contributed by atoms with Crippen LogP contribution in [-0.2, 0) is 0 Å². The third kappa shape index (κ3) is 2.07. The average Bonchev–Trinajstić information content (AvgIpc) is 2.28. The Bertz CT molecular complexity index is 368. The Morgan fingerprint density at radius 1 is 1.56 bits per heavy atom. The van der Waals surface area contributed by atoms with E-state index >= 15 is 0 Å². The number of rotatable bonds is 3. The van der Waals surface area contributed by atoms with E-state index in [4.69, 9.17) is 15.6 Å². The molecule has 88 valence electrons. The molecule has 1 unspecified atom stereocenters. The van der Waals surface area contributed by atoms with E-state index in [1.54, 1.807) is 0 Å². The minimum absolute atomic E-state index is 0.235. The Balaban J connectivity index is 2.15. The Kier molecular flexibility index (Phi) is 3.19. The third-order valence-electron chi connectivity index (χ3n) is 3.04. The molecule has 16 heavy (non-hydrogen) atoms. The molecule has 1 aliphatic rings. The maximum absolute atomic E-state index is 8.84. The highest BCUT2D eigenvalue weighted by Crippen LogP contribution is 2.35. The molecule has 3 N–H and O–H groups in total. The fraction of sp³-hybridized carbons (Fsp3) is 0.500. The fourth-order valence-corrected chi connectivity index (χ4v) is 2.04. The van der Waals surface area contributed by atoms with Crippen molar-refractivity contribution in [2.45, 2.75) is 18.9 Å². The number of nitrogens with zero attached hydrogens (tertiary/aromatic N) is 1. The summed E-state index contributed by atoms with van der Waals surface area (Å²) in [7, 11) is 2.06. The predicted molar refractivity (Wildman–Crippen MR) is 64.9 cm³/mol. The second kappa shape index (κ2) is 4.61. The van der Waals surface area contributed by atoms with Crippen molar-refractivity contribution in [2.75, 3.05) is 30.9 Å². The number of benzene rings is 1. The minimum atomic E-state index is 0.235. The minimum Gasteiger partial charge on any atom is -0.489 e. The van der Waals surface area contributed by atoms with Crippen molar-refractivity contribution in [3.63, 3.8) is 0 Å². The van der Waals surface area contributed by atoms with E-state index in [1.807, 2.05) is 18.2 Å². The van der Waals surface area contributed by atoms with Gasteiger partial charge in [0.15, 0.2) is 0 Å². The number of nitrogens with two attached hydrogens (primary N) is 1. The molecule has 0 spiro atoms. The Morgan fingerprint density at radius 3 is 3.12 bits per heavy atom. The van der Waals surface area contributed by atoms with Crippen LogP contribution in [0.4, 0.5) is 11.4 Å². The first-order valence-electron chi connectivity index (χ1n) is 5.58. The van der Waals surface area contributed by atoms with Gasteiger partial charge in [-0.2, -0.15) is 0 Å². The lowest BCUT2D eigenvalue weighted by Gasteiger charge is -2.36. The molecule has 0 radical (unpaired) electrons. The average molecular weight is 222 g/mol. The third-order valence-corrected chi connectivity index (χ3v) is 3.04. The molecule has 0 bridgehead atoms. The number of anilines is 2. The first-order chi connectivity index (χ1) is 7.72. The van der Waals surface area contributed by atoms with Crippen LogP contribution in [0.15, 0.2) is 18.2 Å². The molecule has 1 aliphatic heterocycles. The zero-order valence-electron chi connectivity index (χ0n) is 9.52. The van der Waals surface area contributed by atoms with Crippen LogP contribution in [0, 0.1) is 0 Å². The maximum atomic E-state index is 8.84. The van der Waals surface area contributed by atoms with Crippen molar-refractivity contribution in [3.8, 4) is 5.75 Å². The molecule has 2 rings (SSSR count). The summed E-state index contributed by atoms with van der Waals surface area (Å²) in [4.78, 5) is 2.20. The molecule has 1 aromatic carbocycles. The van der Waals surface area contributed by atoms with E-state index in [0.717, 1.165) is 30.0 Å². The number of fused-ring (bicyclic) bond motifs is 1. The maximum Gasteiger partial charge on any atom is 0.144 e. The molecular weight excluding hydrogens is 204 g/mol. The van der Waals surface area contributed by atoms with E-state index in [0.29, 0.717) is 12.6 Å². The SMILES string of the molecule is CN1c2ccc(N)cc2OCC1CCCO. The Morgan fingerprint density at radius 2 is 2.38 bits per heavy atom. The second-order valence-electron chi connectivity index (χ2n) is 4.17. The molecular formula is C12H18N2O2. The fourth-order valence-electron chi connectivity index (χ4n) is 2.04. The summed E-state index contributed by atoms with van der Waals surface area (Å²) in [5.74, 6) is 0.850. The largest absolute Gasteiger partial charge is 0.489 e. The van der Waals surface area contributed by atoms with Crippen LogP contribution in [0.5, 0.6) is 5.75 Å². The van der Waals surface area contributed by atoms with Crippen molar-refractivity contribution in [3.05, 3.63) is 18.2 Å². The summed E-state index contributed by atoms with van der Waals surface area (Å²) in [5.41, 5.74) is 7.51. The highest BCUT2D eigenvalue weighted by atomic mass is 16.5. The molecule has 4 nitrogen and oxygen atoms in total. The van der Waals surface area contributed by atoms with E-state index in [1.165, 1.54) is 0 Å². The first kappa shape index (κ1) is 11.1. The number of aliphatic hydroxyl groups is 1. The quantitative estimate of drug-likeness (QED) is 0.755. The summed E-state index contributed by atoms with van der Waals surface area (Å²) in [6.07, 6.45) is 1.75. The van der Waals surface area contributed by atoms with Gasteiger partial charge in [-0.1, -0.05) is 0 Å². The van der Waals surface area contributed by atoms with Crippen molar-refractivity contribution in [1.82, 2.24) is 0 Å². The monoisotopic (exact) mass is 222 g/mol. The van der Waals surface area contributed by atoms with Crippen molar-refractivity contribution >= 4 is 11.4 Å². The lowest BCUT2D eigenvalue weighted by Crippen LogP contribution is -2.40. The van der Waals surface area contributed by atoms with Crippen molar-refractivity contribution in [2.24, 2.45) is 0 Å². The van der Waals surface area contributed by atoms with Crippen molar-refractivity contribution in [1.29, 1.82) is 0 Å². The summed E-state index contributed by atoms with van der Waals surface area (Å²) < 4.78 is 5.68. The highest BCUT2D eigenvalue weighted by molar-refractivity contribution is 5.65. The van der Waals surface area contributed by atoms with E-state index in [-0.39, 0.29) is 6.61 Å². The van der Waals surface area contributed by atoms with Gasteiger partial charge in [0.1, 0.15) is 12.4 Å². The molecule has 1 aromatic rings. The molecule has 1 heterocycles. The van der Waals surface area contributed by atoms with Crippen molar-refractivity contribution < 1.29 is 9.84 Å². The second-order valence-corrected chi connectivity index (χ2v) is 4.17. The van der Waals surface area contributed by atoms with Gasteiger partial charge in [0.05, 0.1) is 11.7 Å². The zero-order chi connectivity index (χ0) is 11.5. The van der Waals surface area contributed by atoms with E-state index < -0.39 is 0 Å². The van der Waals surface area contributed by atoms with Crippen LogP contribution in [0.2, 0.25) is 0 Å². The molecule has 4 heteroatoms. The van der Waals surface area contributed by atoms with Gasteiger partial charge < -0.3 is 20.5 Å². The van der Waals surface area contributed by atoms with Gasteiger partial charge in [0.2, 0.25) is 0 Å². The molecule has 0 aliphatic carbocycles. The molecule has 0 amide bonds. The van der Waals surface area contributed by atoms with Crippen LogP contribution in [-0.4, -0.2) is 31.4 Å². The topological polar surface area (TPSA) is 58.7 Å². The Labute approximate surface area is 95.6 Å². The van der Waals surface area contributed by atoms with Gasteiger partial charge in [-0.25, -0.2) is 0 Å². The number of nitrogen functional groups attached to an aromatic ring is 1. The summed E-state index contributed by atoms with van der Waals surface area (Å²) in [6.45, 7) is 0.895. The molecule has 0 fully saturated rings. The molecule has 1 atom stereocenters. The summed E-state index contributed by atoms with van der Waals surface area (Å²) >= 11 is 0. The number of hydrogen-bond acceptors (Lipinski definition) is 4. The zero-order valence-corrected chi connectivity index (χ0v) is 9.52. The van der Waals surface area contributed by atoms with Crippen LogP contribution >= 0.6 is 0 Å². The molecule has 0 saturated heterocycles. The van der Waals surface area contributed by atoms with Crippen LogP contribution in [0.3, 0.4) is 0 Å². The summed E-state index contributed by atoms with van der Waals surface area (Å²) in [6, 6.07) is 6.06.